The Labute approximate surface area is 152 Å². The Morgan fingerprint density at radius 1 is 1.12 bits per heavy atom. The number of ketones is 1. The van der Waals surface area contributed by atoms with Gasteiger partial charge in [0.25, 0.3) is 0 Å². The van der Waals surface area contributed by atoms with Gasteiger partial charge in [0.15, 0.2) is 5.78 Å². The number of amides is 2. The van der Waals surface area contributed by atoms with Crippen LogP contribution in [0.5, 0.6) is 5.75 Å². The Morgan fingerprint density at radius 3 is 2.46 bits per heavy atom. The van der Waals surface area contributed by atoms with Gasteiger partial charge in [-0.2, -0.15) is 0 Å². The lowest BCUT2D eigenvalue weighted by Gasteiger charge is -2.29. The van der Waals surface area contributed by atoms with Gasteiger partial charge in [-0.3, -0.25) is 4.79 Å². The van der Waals surface area contributed by atoms with Gasteiger partial charge in [0.05, 0.1) is 13.2 Å². The zero-order valence-corrected chi connectivity index (χ0v) is 14.7. The summed E-state index contributed by atoms with van der Waals surface area (Å²) < 4.78 is 5.13. The molecule has 0 spiro atoms. The molecule has 2 aromatic rings. The number of nitrogens with one attached hydrogen (secondary N) is 1. The Bertz CT molecular complexity index is 855. The Morgan fingerprint density at radius 2 is 1.81 bits per heavy atom. The summed E-state index contributed by atoms with van der Waals surface area (Å²) in [4.78, 5) is 26.2. The number of allylic oxidation sites excluding steroid dienone is 1. The number of urea groups is 1. The van der Waals surface area contributed by atoms with E-state index in [-0.39, 0.29) is 11.8 Å². The third kappa shape index (κ3) is 3.83. The minimum atomic E-state index is -0.465. The van der Waals surface area contributed by atoms with Crippen molar-refractivity contribution in [2.45, 2.75) is 6.04 Å². The highest BCUT2D eigenvalue weighted by molar-refractivity contribution is 6.08. The van der Waals surface area contributed by atoms with E-state index in [4.69, 9.17) is 4.74 Å². The van der Waals surface area contributed by atoms with E-state index in [1.165, 1.54) is 11.0 Å². The molecular formula is C21H20N2O3. The lowest BCUT2D eigenvalue weighted by Crippen LogP contribution is -2.43. The summed E-state index contributed by atoms with van der Waals surface area (Å²) in [6.45, 7) is 0. The van der Waals surface area contributed by atoms with Crippen molar-refractivity contribution in [3.8, 4) is 5.75 Å². The first-order valence-electron chi connectivity index (χ1n) is 8.25. The van der Waals surface area contributed by atoms with E-state index >= 15 is 0 Å². The first-order valence-corrected chi connectivity index (χ1v) is 8.25. The van der Waals surface area contributed by atoms with Gasteiger partial charge in [-0.25, -0.2) is 4.79 Å². The predicted octanol–water partition coefficient (Wildman–Crippen LogP) is 3.56. The smallest absolute Gasteiger partial charge is 0.321 e. The SMILES string of the molecule is COc1ccc(C=CC(=O)C2=CN(C)C(=O)NC2c2ccccc2)cc1. The second kappa shape index (κ2) is 7.70. The quantitative estimate of drug-likeness (QED) is 0.841. The van der Waals surface area contributed by atoms with E-state index in [1.807, 2.05) is 54.6 Å². The number of hydrogen-bond acceptors (Lipinski definition) is 3. The molecule has 0 radical (unpaired) electrons. The number of carbonyl (C=O) groups is 2. The number of ether oxygens (including phenoxy) is 1. The van der Waals surface area contributed by atoms with Gasteiger partial charge in [0, 0.05) is 18.8 Å². The highest BCUT2D eigenvalue weighted by Gasteiger charge is 2.29. The molecule has 0 saturated carbocycles. The van der Waals surface area contributed by atoms with Gasteiger partial charge in [-0.15, -0.1) is 0 Å². The summed E-state index contributed by atoms with van der Waals surface area (Å²) in [5.74, 6) is 0.610. The van der Waals surface area contributed by atoms with E-state index in [9.17, 15) is 9.59 Å². The third-order valence-corrected chi connectivity index (χ3v) is 4.19. The highest BCUT2D eigenvalue weighted by atomic mass is 16.5. The molecule has 0 saturated heterocycles. The average molecular weight is 348 g/mol. The summed E-state index contributed by atoms with van der Waals surface area (Å²) in [5, 5.41) is 2.87. The molecule has 5 heteroatoms. The summed E-state index contributed by atoms with van der Waals surface area (Å²) in [7, 11) is 3.23. The van der Waals surface area contributed by atoms with Crippen LogP contribution in [0.1, 0.15) is 17.2 Å². The molecule has 0 aromatic heterocycles. The molecule has 2 aromatic carbocycles. The van der Waals surface area contributed by atoms with Gasteiger partial charge in [0.1, 0.15) is 5.75 Å². The number of rotatable bonds is 5. The topological polar surface area (TPSA) is 58.6 Å². The van der Waals surface area contributed by atoms with Crippen LogP contribution >= 0.6 is 0 Å². The molecule has 2 amide bonds. The van der Waals surface area contributed by atoms with Gasteiger partial charge < -0.3 is 15.0 Å². The van der Waals surface area contributed by atoms with Crippen molar-refractivity contribution < 1.29 is 14.3 Å². The first kappa shape index (κ1) is 17.5. The summed E-state index contributed by atoms with van der Waals surface area (Å²) in [5.41, 5.74) is 2.28. The van der Waals surface area contributed by atoms with Crippen molar-refractivity contribution in [2.75, 3.05) is 14.2 Å². The van der Waals surface area contributed by atoms with Crippen LogP contribution in [0.3, 0.4) is 0 Å². The molecule has 0 aliphatic carbocycles. The molecule has 1 aliphatic heterocycles. The van der Waals surface area contributed by atoms with Crippen molar-refractivity contribution in [1.29, 1.82) is 0 Å². The van der Waals surface area contributed by atoms with E-state index in [1.54, 1.807) is 26.4 Å². The molecule has 1 aliphatic rings. The Hall–Kier alpha value is -3.34. The summed E-state index contributed by atoms with van der Waals surface area (Å²) in [6.07, 6.45) is 4.87. The lowest BCUT2D eigenvalue weighted by molar-refractivity contribution is -0.111. The standard InChI is InChI=1S/C21H20N2O3/c1-23-14-18(20(22-21(23)25)16-6-4-3-5-7-16)19(24)13-10-15-8-11-17(26-2)12-9-15/h3-14,20H,1-2H3,(H,22,25). The molecule has 1 heterocycles. The maximum Gasteiger partial charge on any atom is 0.321 e. The van der Waals surface area contributed by atoms with Crippen LogP contribution in [-0.2, 0) is 4.79 Å². The third-order valence-electron chi connectivity index (χ3n) is 4.19. The van der Waals surface area contributed by atoms with Gasteiger partial charge >= 0.3 is 6.03 Å². The molecule has 26 heavy (non-hydrogen) atoms. The van der Waals surface area contributed by atoms with Crippen LogP contribution in [0.25, 0.3) is 6.08 Å². The van der Waals surface area contributed by atoms with Crippen LogP contribution < -0.4 is 10.1 Å². The van der Waals surface area contributed by atoms with Gasteiger partial charge in [-0.1, -0.05) is 48.5 Å². The normalized spacial score (nSPS) is 17.0. The highest BCUT2D eigenvalue weighted by Crippen LogP contribution is 2.26. The molecule has 1 unspecified atom stereocenters. The molecule has 5 nitrogen and oxygen atoms in total. The molecule has 3 rings (SSSR count). The van der Waals surface area contributed by atoms with E-state index in [2.05, 4.69) is 5.32 Å². The van der Waals surface area contributed by atoms with Crippen LogP contribution in [-0.4, -0.2) is 30.9 Å². The van der Waals surface area contributed by atoms with Gasteiger partial charge in [0.2, 0.25) is 0 Å². The fourth-order valence-electron chi connectivity index (χ4n) is 2.74. The fraction of sp³-hybridized carbons (Fsp3) is 0.143. The van der Waals surface area contributed by atoms with Crippen molar-refractivity contribution in [3.63, 3.8) is 0 Å². The maximum absolute atomic E-state index is 12.8. The molecule has 132 valence electrons. The predicted molar refractivity (Wildman–Crippen MR) is 101 cm³/mol. The monoisotopic (exact) mass is 348 g/mol. The minimum absolute atomic E-state index is 0.151. The van der Waals surface area contributed by atoms with E-state index in [0.29, 0.717) is 5.57 Å². The zero-order valence-electron chi connectivity index (χ0n) is 14.7. The van der Waals surface area contributed by atoms with Crippen LogP contribution in [0.15, 0.2) is 72.4 Å². The Kier molecular flexibility index (Phi) is 5.17. The second-order valence-electron chi connectivity index (χ2n) is 5.96. The molecular weight excluding hydrogens is 328 g/mol. The lowest BCUT2D eigenvalue weighted by atomic mass is 9.94. The number of hydrogen-bond donors (Lipinski definition) is 1. The largest absolute Gasteiger partial charge is 0.497 e. The van der Waals surface area contributed by atoms with Crippen LogP contribution in [0.2, 0.25) is 0 Å². The van der Waals surface area contributed by atoms with Crippen molar-refractivity contribution >= 4 is 17.9 Å². The van der Waals surface area contributed by atoms with Crippen molar-refractivity contribution in [3.05, 3.63) is 83.6 Å². The van der Waals surface area contributed by atoms with Crippen LogP contribution in [0.4, 0.5) is 4.79 Å². The fourth-order valence-corrected chi connectivity index (χ4v) is 2.74. The molecule has 0 fully saturated rings. The first-order chi connectivity index (χ1) is 12.6. The average Bonchev–Trinajstić information content (AvgIpc) is 2.69. The van der Waals surface area contributed by atoms with Crippen LogP contribution in [0, 0.1) is 0 Å². The Balaban J connectivity index is 1.85. The number of carbonyl (C=O) groups excluding carboxylic acids is 2. The van der Waals surface area contributed by atoms with Crippen molar-refractivity contribution in [1.82, 2.24) is 10.2 Å². The molecule has 1 atom stereocenters. The molecule has 0 bridgehead atoms. The number of methoxy groups -OCH3 is 1. The summed E-state index contributed by atoms with van der Waals surface area (Å²) >= 11 is 0. The minimum Gasteiger partial charge on any atom is -0.497 e. The van der Waals surface area contributed by atoms with E-state index < -0.39 is 6.04 Å². The maximum atomic E-state index is 12.8. The molecule has 1 N–H and O–H groups in total. The van der Waals surface area contributed by atoms with E-state index in [0.717, 1.165) is 16.9 Å². The number of benzene rings is 2. The zero-order chi connectivity index (χ0) is 18.5. The van der Waals surface area contributed by atoms with Crippen molar-refractivity contribution in [2.24, 2.45) is 0 Å². The van der Waals surface area contributed by atoms with Gasteiger partial charge in [-0.05, 0) is 29.3 Å². The second-order valence-corrected chi connectivity index (χ2v) is 5.96. The summed E-state index contributed by atoms with van der Waals surface area (Å²) in [6, 6.07) is 16.2. The number of nitrogens with zero attached hydrogens (tertiary/aromatic N) is 1.